The van der Waals surface area contributed by atoms with Gasteiger partial charge in [-0.25, -0.2) is 9.78 Å². The number of anilines is 2. The van der Waals surface area contributed by atoms with Gasteiger partial charge in [-0.05, 0) is 36.8 Å². The van der Waals surface area contributed by atoms with Crippen molar-refractivity contribution in [2.24, 2.45) is 0 Å². The maximum Gasteiger partial charge on any atom is 0.354 e. The first-order valence-corrected chi connectivity index (χ1v) is 5.74. The summed E-state index contributed by atoms with van der Waals surface area (Å²) >= 11 is 0. The summed E-state index contributed by atoms with van der Waals surface area (Å²) in [5.41, 5.74) is 7.16. The second-order valence-corrected chi connectivity index (χ2v) is 4.09. The van der Waals surface area contributed by atoms with Gasteiger partial charge in [-0.1, -0.05) is 0 Å². The molecule has 4 N–H and O–H groups in total. The molecule has 1 atom stereocenters. The predicted molar refractivity (Wildman–Crippen MR) is 71.9 cm³/mol. The lowest BCUT2D eigenvalue weighted by molar-refractivity contribution is 0.0690. The summed E-state index contributed by atoms with van der Waals surface area (Å²) in [5, 5.41) is 12.0. The summed E-state index contributed by atoms with van der Waals surface area (Å²) in [6, 6.07) is 6.59. The summed E-state index contributed by atoms with van der Waals surface area (Å²) in [6.45, 7) is 1.93. The normalized spacial score (nSPS) is 11.8. The lowest BCUT2D eigenvalue weighted by Crippen LogP contribution is -2.12. The number of aromatic nitrogens is 2. The van der Waals surface area contributed by atoms with Crippen LogP contribution in [0, 0.1) is 0 Å². The summed E-state index contributed by atoms with van der Waals surface area (Å²) in [7, 11) is 0. The summed E-state index contributed by atoms with van der Waals surface area (Å²) < 4.78 is 0. The minimum absolute atomic E-state index is 0.0429. The van der Waals surface area contributed by atoms with Crippen LogP contribution in [0.15, 0.2) is 36.7 Å². The number of nitrogens with zero attached hydrogens (tertiary/aromatic N) is 2. The van der Waals surface area contributed by atoms with Crippen molar-refractivity contribution in [3.63, 3.8) is 0 Å². The van der Waals surface area contributed by atoms with Gasteiger partial charge >= 0.3 is 5.97 Å². The molecule has 0 aromatic carbocycles. The fourth-order valence-electron chi connectivity index (χ4n) is 1.65. The van der Waals surface area contributed by atoms with E-state index in [9.17, 15) is 4.79 Å². The zero-order valence-corrected chi connectivity index (χ0v) is 10.4. The Morgan fingerprint density at radius 3 is 2.63 bits per heavy atom. The number of hydrogen-bond acceptors (Lipinski definition) is 5. The van der Waals surface area contributed by atoms with Crippen molar-refractivity contribution in [3.8, 4) is 0 Å². The van der Waals surface area contributed by atoms with Gasteiger partial charge in [0.1, 0.15) is 0 Å². The number of carboxylic acid groups (broad SMARTS) is 1. The quantitative estimate of drug-likeness (QED) is 0.774. The Bertz CT molecular complexity index is 586. The van der Waals surface area contributed by atoms with E-state index >= 15 is 0 Å². The SMILES string of the molecule is CC(Nc1nc(C(=O)O)ccc1N)c1ccncc1. The molecule has 2 aromatic rings. The van der Waals surface area contributed by atoms with Crippen molar-refractivity contribution in [2.75, 3.05) is 11.1 Å². The van der Waals surface area contributed by atoms with Crippen LogP contribution in [0.2, 0.25) is 0 Å². The highest BCUT2D eigenvalue weighted by Gasteiger charge is 2.11. The average Bonchev–Trinajstić information content (AvgIpc) is 2.42. The van der Waals surface area contributed by atoms with Gasteiger partial charge in [0.15, 0.2) is 11.5 Å². The molecule has 2 rings (SSSR count). The lowest BCUT2D eigenvalue weighted by atomic mass is 10.1. The molecule has 2 aromatic heterocycles. The Kier molecular flexibility index (Phi) is 3.61. The largest absolute Gasteiger partial charge is 0.477 e. The Hall–Kier alpha value is -2.63. The first kappa shape index (κ1) is 12.8. The van der Waals surface area contributed by atoms with E-state index in [1.165, 1.54) is 12.1 Å². The third-order valence-corrected chi connectivity index (χ3v) is 2.70. The van der Waals surface area contributed by atoms with Crippen LogP contribution in [0.1, 0.15) is 29.0 Å². The minimum atomic E-state index is -1.08. The van der Waals surface area contributed by atoms with Crippen molar-refractivity contribution in [1.82, 2.24) is 9.97 Å². The van der Waals surface area contributed by atoms with Crippen LogP contribution in [-0.4, -0.2) is 21.0 Å². The standard InChI is InChI=1S/C13H14N4O2/c1-8(9-4-6-15-7-5-9)16-12-10(14)2-3-11(17-12)13(18)19/h2-8H,14H2,1H3,(H,16,17)(H,18,19). The second kappa shape index (κ2) is 5.34. The fraction of sp³-hybridized carbons (Fsp3) is 0.154. The minimum Gasteiger partial charge on any atom is -0.477 e. The zero-order chi connectivity index (χ0) is 13.8. The van der Waals surface area contributed by atoms with Crippen LogP contribution in [0.5, 0.6) is 0 Å². The highest BCUT2D eigenvalue weighted by Crippen LogP contribution is 2.22. The number of aromatic carboxylic acids is 1. The maximum atomic E-state index is 10.9. The van der Waals surface area contributed by atoms with E-state index in [-0.39, 0.29) is 11.7 Å². The Morgan fingerprint density at radius 2 is 2.00 bits per heavy atom. The molecular formula is C13H14N4O2. The molecule has 98 valence electrons. The van der Waals surface area contributed by atoms with Crippen molar-refractivity contribution in [3.05, 3.63) is 47.9 Å². The molecule has 0 spiro atoms. The van der Waals surface area contributed by atoms with E-state index in [0.29, 0.717) is 11.5 Å². The van der Waals surface area contributed by atoms with Gasteiger partial charge in [-0.15, -0.1) is 0 Å². The number of carbonyl (C=O) groups is 1. The lowest BCUT2D eigenvalue weighted by Gasteiger charge is -2.16. The van der Waals surface area contributed by atoms with Gasteiger partial charge in [0.2, 0.25) is 0 Å². The van der Waals surface area contributed by atoms with Crippen LogP contribution < -0.4 is 11.1 Å². The van der Waals surface area contributed by atoms with Crippen LogP contribution in [0.4, 0.5) is 11.5 Å². The molecule has 19 heavy (non-hydrogen) atoms. The average molecular weight is 258 g/mol. The molecule has 1 unspecified atom stereocenters. The summed E-state index contributed by atoms with van der Waals surface area (Å²) in [6.07, 6.45) is 3.38. The topological polar surface area (TPSA) is 101 Å². The third-order valence-electron chi connectivity index (χ3n) is 2.70. The number of nitrogens with one attached hydrogen (secondary N) is 1. The highest BCUT2D eigenvalue weighted by molar-refractivity contribution is 5.86. The molecule has 6 nitrogen and oxygen atoms in total. The number of nitrogen functional groups attached to an aromatic ring is 1. The second-order valence-electron chi connectivity index (χ2n) is 4.09. The van der Waals surface area contributed by atoms with E-state index in [0.717, 1.165) is 5.56 Å². The zero-order valence-electron chi connectivity index (χ0n) is 10.4. The Morgan fingerprint density at radius 1 is 1.32 bits per heavy atom. The van der Waals surface area contributed by atoms with E-state index < -0.39 is 5.97 Å². The van der Waals surface area contributed by atoms with Gasteiger partial charge in [-0.3, -0.25) is 4.98 Å². The summed E-state index contributed by atoms with van der Waals surface area (Å²) in [4.78, 5) is 18.8. The molecule has 0 aliphatic rings. The molecule has 0 bridgehead atoms. The van der Waals surface area contributed by atoms with Gasteiger partial charge < -0.3 is 16.2 Å². The highest BCUT2D eigenvalue weighted by atomic mass is 16.4. The van der Waals surface area contributed by atoms with E-state index in [1.807, 2.05) is 19.1 Å². The third kappa shape index (κ3) is 2.98. The van der Waals surface area contributed by atoms with Crippen LogP contribution in [0.3, 0.4) is 0 Å². The fourth-order valence-corrected chi connectivity index (χ4v) is 1.65. The van der Waals surface area contributed by atoms with Crippen LogP contribution in [0.25, 0.3) is 0 Å². The number of hydrogen-bond donors (Lipinski definition) is 3. The van der Waals surface area contributed by atoms with Crippen molar-refractivity contribution in [2.45, 2.75) is 13.0 Å². The monoisotopic (exact) mass is 258 g/mol. The molecule has 2 heterocycles. The molecular weight excluding hydrogens is 244 g/mol. The van der Waals surface area contributed by atoms with Gasteiger partial charge in [0.25, 0.3) is 0 Å². The van der Waals surface area contributed by atoms with E-state index in [4.69, 9.17) is 10.8 Å². The molecule has 0 radical (unpaired) electrons. The molecule has 0 amide bonds. The van der Waals surface area contributed by atoms with Crippen molar-refractivity contribution >= 4 is 17.5 Å². The number of rotatable bonds is 4. The number of carboxylic acids is 1. The molecule has 0 aliphatic heterocycles. The Labute approximate surface area is 110 Å². The van der Waals surface area contributed by atoms with Crippen molar-refractivity contribution in [1.29, 1.82) is 0 Å². The number of nitrogens with two attached hydrogens (primary N) is 1. The molecule has 0 saturated heterocycles. The molecule has 0 aliphatic carbocycles. The smallest absolute Gasteiger partial charge is 0.354 e. The predicted octanol–water partition coefficient (Wildman–Crippen LogP) is 1.93. The van der Waals surface area contributed by atoms with Crippen LogP contribution >= 0.6 is 0 Å². The van der Waals surface area contributed by atoms with Gasteiger partial charge in [0.05, 0.1) is 11.7 Å². The molecule has 6 heteroatoms. The molecule has 0 saturated carbocycles. The first-order chi connectivity index (χ1) is 9.08. The van der Waals surface area contributed by atoms with Gasteiger partial charge in [0, 0.05) is 12.4 Å². The molecule has 0 fully saturated rings. The van der Waals surface area contributed by atoms with Crippen molar-refractivity contribution < 1.29 is 9.90 Å². The van der Waals surface area contributed by atoms with Crippen LogP contribution in [-0.2, 0) is 0 Å². The first-order valence-electron chi connectivity index (χ1n) is 5.74. The maximum absolute atomic E-state index is 10.9. The summed E-state index contributed by atoms with van der Waals surface area (Å²) in [5.74, 6) is -0.719. The number of pyridine rings is 2. The Balaban J connectivity index is 2.23. The van der Waals surface area contributed by atoms with Gasteiger partial charge in [-0.2, -0.15) is 0 Å². The van der Waals surface area contributed by atoms with E-state index in [2.05, 4.69) is 15.3 Å². The van der Waals surface area contributed by atoms with E-state index in [1.54, 1.807) is 12.4 Å².